The predicted molar refractivity (Wildman–Crippen MR) is 137 cm³/mol. The van der Waals surface area contributed by atoms with Gasteiger partial charge in [-0.25, -0.2) is 18.2 Å². The molecule has 2 amide bonds. The lowest BCUT2D eigenvalue weighted by Gasteiger charge is -2.13. The second-order valence-corrected chi connectivity index (χ2v) is 9.01. The number of methoxy groups -OCH3 is 1. The molecule has 1 aliphatic rings. The normalized spacial score (nSPS) is 13.6. The lowest BCUT2D eigenvalue weighted by molar-refractivity contribution is -0.114. The summed E-state index contributed by atoms with van der Waals surface area (Å²) in [6.45, 7) is 2.81. The molecule has 0 atom stereocenters. The number of carbonyl (C=O) groups is 2. The lowest BCUT2D eigenvalue weighted by Crippen LogP contribution is -2.31. The number of ether oxygens (including phenoxy) is 1. The highest BCUT2D eigenvalue weighted by Gasteiger charge is 2.43. The number of alkyl halides is 1. The van der Waals surface area contributed by atoms with Crippen LogP contribution < -0.4 is 21.1 Å². The third kappa shape index (κ3) is 4.98. The van der Waals surface area contributed by atoms with Crippen molar-refractivity contribution in [2.24, 2.45) is 0 Å². The molecular weight excluding hydrogens is 515 g/mol. The fourth-order valence-corrected chi connectivity index (χ4v) is 4.05. The van der Waals surface area contributed by atoms with Crippen LogP contribution in [0.2, 0.25) is 0 Å². The van der Waals surface area contributed by atoms with Crippen LogP contribution in [0.1, 0.15) is 23.2 Å². The van der Waals surface area contributed by atoms with Crippen LogP contribution in [0.5, 0.6) is 5.75 Å². The van der Waals surface area contributed by atoms with Crippen molar-refractivity contribution in [1.82, 2.24) is 25.1 Å². The second kappa shape index (κ2) is 9.74. The number of hydrogen-bond acceptors (Lipinski definition) is 7. The van der Waals surface area contributed by atoms with Gasteiger partial charge in [0, 0.05) is 16.8 Å². The number of nitrogens with two attached hydrogens (primary N) is 1. The van der Waals surface area contributed by atoms with E-state index in [9.17, 15) is 18.4 Å². The third-order valence-corrected chi connectivity index (χ3v) is 6.29. The molecule has 13 heteroatoms. The minimum absolute atomic E-state index is 0.00274. The third-order valence-electron chi connectivity index (χ3n) is 6.29. The summed E-state index contributed by atoms with van der Waals surface area (Å²) in [6.07, 6.45) is 1.99. The van der Waals surface area contributed by atoms with E-state index in [4.69, 9.17) is 10.5 Å². The monoisotopic (exact) mass is 537 g/mol. The first kappa shape index (κ1) is 25.7. The molecule has 0 unspecified atom stereocenters. The first-order chi connectivity index (χ1) is 18.6. The Bertz CT molecular complexity index is 1650. The van der Waals surface area contributed by atoms with Crippen molar-refractivity contribution in [3.8, 4) is 28.1 Å². The van der Waals surface area contributed by atoms with Gasteiger partial charge in [-0.15, -0.1) is 14.8 Å². The summed E-state index contributed by atoms with van der Waals surface area (Å²) < 4.78 is 49.0. The van der Waals surface area contributed by atoms with Gasteiger partial charge in [0.2, 0.25) is 0 Å². The van der Waals surface area contributed by atoms with Gasteiger partial charge in [0.25, 0.3) is 11.8 Å². The first-order valence-electron chi connectivity index (χ1n) is 11.7. The quantitative estimate of drug-likeness (QED) is 0.291. The summed E-state index contributed by atoms with van der Waals surface area (Å²) in [5.74, 6) is -3.38. The summed E-state index contributed by atoms with van der Waals surface area (Å²) in [6, 6.07) is 8.35. The minimum atomic E-state index is -1.37. The summed E-state index contributed by atoms with van der Waals surface area (Å²) in [5.41, 5.74) is 6.15. The van der Waals surface area contributed by atoms with Crippen molar-refractivity contribution >= 4 is 28.8 Å². The number of rotatable bonds is 8. The van der Waals surface area contributed by atoms with Crippen LogP contribution >= 0.6 is 0 Å². The van der Waals surface area contributed by atoms with Crippen molar-refractivity contribution in [3.63, 3.8) is 0 Å². The van der Waals surface area contributed by atoms with Crippen LogP contribution in [-0.4, -0.2) is 50.9 Å². The largest absolute Gasteiger partial charge is 0.496 e. The average Bonchev–Trinajstić information content (AvgIpc) is 3.52. The summed E-state index contributed by atoms with van der Waals surface area (Å²) in [7, 11) is 1.38. The minimum Gasteiger partial charge on any atom is -0.496 e. The van der Waals surface area contributed by atoms with E-state index in [1.165, 1.54) is 36.3 Å². The van der Waals surface area contributed by atoms with Gasteiger partial charge >= 0.3 is 0 Å². The Morgan fingerprint density at radius 3 is 2.67 bits per heavy atom. The molecule has 0 bridgehead atoms. The Hall–Kier alpha value is -4.94. The van der Waals surface area contributed by atoms with Gasteiger partial charge in [-0.3, -0.25) is 9.59 Å². The Labute approximate surface area is 219 Å². The molecule has 0 radical (unpaired) electrons. The van der Waals surface area contributed by atoms with E-state index in [-0.39, 0.29) is 46.1 Å². The molecule has 1 saturated carbocycles. The van der Waals surface area contributed by atoms with Gasteiger partial charge < -0.3 is 21.1 Å². The zero-order valence-electron chi connectivity index (χ0n) is 20.6. The molecule has 39 heavy (non-hydrogen) atoms. The van der Waals surface area contributed by atoms with Gasteiger partial charge in [-0.05, 0) is 48.7 Å². The van der Waals surface area contributed by atoms with Crippen LogP contribution in [0.3, 0.4) is 0 Å². The van der Waals surface area contributed by atoms with Crippen molar-refractivity contribution in [1.29, 1.82) is 0 Å². The number of amides is 2. The summed E-state index contributed by atoms with van der Waals surface area (Å²) >= 11 is 0. The Morgan fingerprint density at radius 2 is 2.00 bits per heavy atom. The maximum Gasteiger partial charge on any atom is 0.283 e. The molecule has 2 heterocycles. The highest BCUT2D eigenvalue weighted by Crippen LogP contribution is 2.41. The number of hydrogen-bond donors (Lipinski definition) is 3. The highest BCUT2D eigenvalue weighted by molar-refractivity contribution is 6.02. The first-order valence-corrected chi connectivity index (χ1v) is 11.7. The number of aromatic nitrogens is 4. The molecule has 2 aromatic heterocycles. The number of nitrogens with zero attached hydrogens (tertiary/aromatic N) is 4. The molecule has 10 nitrogen and oxygen atoms in total. The molecule has 200 valence electrons. The average molecular weight is 538 g/mol. The van der Waals surface area contributed by atoms with E-state index in [1.807, 2.05) is 0 Å². The number of fused-ring (bicyclic) bond motifs is 1. The van der Waals surface area contributed by atoms with Crippen molar-refractivity contribution in [2.75, 3.05) is 24.7 Å². The van der Waals surface area contributed by atoms with Crippen LogP contribution in [0.15, 0.2) is 55.1 Å². The molecular formula is C26H22F3N7O3. The molecule has 0 aliphatic heterocycles. The number of halogens is 3. The predicted octanol–water partition coefficient (Wildman–Crippen LogP) is 3.84. The maximum absolute atomic E-state index is 15.3. The lowest BCUT2D eigenvalue weighted by atomic mass is 9.97. The highest BCUT2D eigenvalue weighted by atomic mass is 19.1. The molecule has 2 aromatic carbocycles. The topological polar surface area (TPSA) is 137 Å². The van der Waals surface area contributed by atoms with Crippen LogP contribution in [0, 0.1) is 5.82 Å². The number of anilines is 2. The van der Waals surface area contributed by atoms with Crippen molar-refractivity contribution < 1.29 is 27.5 Å². The van der Waals surface area contributed by atoms with Crippen molar-refractivity contribution in [3.05, 3.63) is 66.5 Å². The number of benzene rings is 2. The SMILES string of the molecule is C=C(F)C(=O)Nc1ccc(-c2nn3ncnc(N)c3c2-c2ccc(C(=O)NCC3(F)CC3)c(OC)c2)c(F)c1. The summed E-state index contributed by atoms with van der Waals surface area (Å²) in [4.78, 5) is 28.3. The number of nitrogen functional groups attached to an aromatic ring is 1. The molecule has 4 aromatic rings. The van der Waals surface area contributed by atoms with E-state index < -0.39 is 29.1 Å². The Balaban J connectivity index is 1.59. The molecule has 1 aliphatic carbocycles. The number of nitrogens with one attached hydrogen (secondary N) is 2. The van der Waals surface area contributed by atoms with Crippen molar-refractivity contribution in [2.45, 2.75) is 18.5 Å². The van der Waals surface area contributed by atoms with Crippen LogP contribution in [0.25, 0.3) is 27.9 Å². The Morgan fingerprint density at radius 1 is 1.23 bits per heavy atom. The van der Waals surface area contributed by atoms with Gasteiger partial charge in [0.05, 0.1) is 19.2 Å². The fourth-order valence-electron chi connectivity index (χ4n) is 4.05. The molecule has 1 fully saturated rings. The molecule has 5 rings (SSSR count). The number of carbonyl (C=O) groups excluding carboxylic acids is 2. The van der Waals surface area contributed by atoms with Gasteiger partial charge in [0.15, 0.2) is 11.6 Å². The van der Waals surface area contributed by atoms with Gasteiger partial charge in [-0.2, -0.15) is 0 Å². The fraction of sp³-hybridized carbons (Fsp3) is 0.192. The summed E-state index contributed by atoms with van der Waals surface area (Å²) in [5, 5.41) is 13.3. The smallest absolute Gasteiger partial charge is 0.283 e. The van der Waals surface area contributed by atoms with Gasteiger partial charge in [0.1, 0.15) is 34.8 Å². The zero-order chi connectivity index (χ0) is 27.9. The second-order valence-electron chi connectivity index (χ2n) is 9.01. The van der Waals surface area contributed by atoms with Crippen LogP contribution in [0.4, 0.5) is 24.7 Å². The zero-order valence-corrected chi connectivity index (χ0v) is 20.6. The van der Waals surface area contributed by atoms with E-state index >= 15 is 4.39 Å². The Kier molecular flexibility index (Phi) is 6.42. The van der Waals surface area contributed by atoms with Gasteiger partial charge in [-0.1, -0.05) is 12.6 Å². The standard InChI is InChI=1S/C26H22F3N7O3/c1-13(27)24(37)34-15-4-6-16(18(28)10-15)21-20(22-23(30)32-12-33-36(22)35-21)14-3-5-17(19(9-14)39-2)25(38)31-11-26(29)7-8-26/h3-6,9-10,12H,1,7-8,11H2,2H3,(H,31,38)(H,34,37)(H2,30,32,33). The molecule has 0 saturated heterocycles. The van der Waals surface area contributed by atoms with Crippen LogP contribution in [-0.2, 0) is 4.79 Å². The maximum atomic E-state index is 15.3. The van der Waals surface area contributed by atoms with E-state index in [0.29, 0.717) is 24.0 Å². The van der Waals surface area contributed by atoms with E-state index in [2.05, 4.69) is 32.4 Å². The molecule has 0 spiro atoms. The van der Waals surface area contributed by atoms with E-state index in [0.717, 1.165) is 6.07 Å². The molecule has 4 N–H and O–H groups in total. The van der Waals surface area contributed by atoms with E-state index in [1.54, 1.807) is 12.1 Å².